The quantitative estimate of drug-likeness (QED) is 0.770. The number of rotatable bonds is 6. The molecule has 1 amide bonds. The van der Waals surface area contributed by atoms with Gasteiger partial charge in [-0.1, -0.05) is 12.1 Å². The van der Waals surface area contributed by atoms with Gasteiger partial charge >= 0.3 is 5.97 Å². The zero-order valence-corrected chi connectivity index (χ0v) is 11.8. The van der Waals surface area contributed by atoms with E-state index in [1.165, 1.54) is 18.9 Å². The average Bonchev–Trinajstić information content (AvgIpc) is 2.38. The molecule has 0 saturated heterocycles. The Balaban J connectivity index is 2.52. The second-order valence-electron chi connectivity index (χ2n) is 4.05. The third-order valence-electron chi connectivity index (χ3n) is 2.32. The maximum absolute atomic E-state index is 11.5. The number of hydrogen-bond acceptors (Lipinski definition) is 5. The molecular formula is C13H18N2O3S. The third kappa shape index (κ3) is 5.76. The van der Waals surface area contributed by atoms with Crippen LogP contribution in [0.1, 0.15) is 12.5 Å². The Morgan fingerprint density at radius 1 is 1.47 bits per heavy atom. The van der Waals surface area contributed by atoms with Crippen molar-refractivity contribution in [1.29, 1.82) is 0 Å². The molecule has 0 aromatic heterocycles. The first-order valence-corrected chi connectivity index (χ1v) is 6.98. The van der Waals surface area contributed by atoms with Crippen LogP contribution in [0.15, 0.2) is 24.3 Å². The Labute approximate surface area is 116 Å². The number of carbonyl (C=O) groups excluding carboxylic acids is 2. The Hall–Kier alpha value is -1.53. The van der Waals surface area contributed by atoms with Gasteiger partial charge in [0.2, 0.25) is 5.91 Å². The highest BCUT2D eigenvalue weighted by Gasteiger charge is 2.07. The molecule has 0 saturated carbocycles. The van der Waals surface area contributed by atoms with Crippen LogP contribution in [0.5, 0.6) is 0 Å². The van der Waals surface area contributed by atoms with Crippen LogP contribution in [0, 0.1) is 0 Å². The van der Waals surface area contributed by atoms with Crippen molar-refractivity contribution in [2.45, 2.75) is 18.7 Å². The van der Waals surface area contributed by atoms with Crippen molar-refractivity contribution >= 4 is 29.3 Å². The highest BCUT2D eigenvalue weighted by molar-refractivity contribution is 7.99. The molecular weight excluding hydrogens is 264 g/mol. The summed E-state index contributed by atoms with van der Waals surface area (Å²) in [6.45, 7) is 1.63. The summed E-state index contributed by atoms with van der Waals surface area (Å²) < 4.78 is 4.56. The van der Waals surface area contributed by atoms with E-state index in [1.54, 1.807) is 13.0 Å². The lowest BCUT2D eigenvalue weighted by Gasteiger charge is -2.09. The van der Waals surface area contributed by atoms with E-state index < -0.39 is 6.04 Å². The lowest BCUT2D eigenvalue weighted by atomic mass is 10.2. The summed E-state index contributed by atoms with van der Waals surface area (Å²) in [6, 6.07) is 6.91. The molecule has 3 N–H and O–H groups in total. The first-order chi connectivity index (χ1) is 9.02. The van der Waals surface area contributed by atoms with Gasteiger partial charge in [-0.05, 0) is 24.6 Å². The molecule has 0 heterocycles. The molecule has 1 aromatic rings. The molecule has 19 heavy (non-hydrogen) atoms. The van der Waals surface area contributed by atoms with Gasteiger partial charge in [0.25, 0.3) is 0 Å². The number of esters is 1. The van der Waals surface area contributed by atoms with Gasteiger partial charge in [0.1, 0.15) is 0 Å². The number of benzene rings is 1. The van der Waals surface area contributed by atoms with E-state index in [0.717, 1.165) is 5.56 Å². The second kappa shape index (κ2) is 7.81. The predicted molar refractivity (Wildman–Crippen MR) is 76.9 cm³/mol. The van der Waals surface area contributed by atoms with Gasteiger partial charge in [-0.2, -0.15) is 0 Å². The molecule has 0 aliphatic carbocycles. The van der Waals surface area contributed by atoms with Gasteiger partial charge in [0, 0.05) is 11.4 Å². The molecule has 1 aromatic carbocycles. The summed E-state index contributed by atoms with van der Waals surface area (Å²) in [4.78, 5) is 22.4. The number of nitrogens with one attached hydrogen (secondary N) is 1. The van der Waals surface area contributed by atoms with E-state index in [-0.39, 0.29) is 11.9 Å². The number of hydrogen-bond donors (Lipinski definition) is 2. The van der Waals surface area contributed by atoms with Gasteiger partial charge < -0.3 is 15.8 Å². The molecule has 104 valence electrons. The fourth-order valence-corrected chi connectivity index (χ4v) is 2.11. The van der Waals surface area contributed by atoms with Crippen LogP contribution in [0.3, 0.4) is 0 Å². The Kier molecular flexibility index (Phi) is 6.38. The zero-order valence-electron chi connectivity index (χ0n) is 11.0. The number of anilines is 1. The molecule has 0 aliphatic rings. The summed E-state index contributed by atoms with van der Waals surface area (Å²) in [5, 5.41) is 2.73. The predicted octanol–water partition coefficient (Wildman–Crippen LogP) is 1.38. The number of methoxy groups -OCH3 is 1. The highest BCUT2D eigenvalue weighted by Crippen LogP contribution is 2.16. The zero-order chi connectivity index (χ0) is 14.3. The minimum Gasteiger partial charge on any atom is -0.468 e. The van der Waals surface area contributed by atoms with E-state index in [0.29, 0.717) is 17.2 Å². The number of amides is 1. The topological polar surface area (TPSA) is 81.4 Å². The van der Waals surface area contributed by atoms with Crippen molar-refractivity contribution in [2.24, 2.45) is 5.73 Å². The van der Waals surface area contributed by atoms with Crippen LogP contribution >= 0.6 is 11.8 Å². The van der Waals surface area contributed by atoms with Crippen LogP contribution < -0.4 is 11.1 Å². The molecule has 0 bridgehead atoms. The highest BCUT2D eigenvalue weighted by atomic mass is 32.2. The van der Waals surface area contributed by atoms with E-state index in [4.69, 9.17) is 5.73 Å². The number of nitrogens with two attached hydrogens (primary N) is 1. The number of carbonyl (C=O) groups is 2. The van der Waals surface area contributed by atoms with E-state index >= 15 is 0 Å². The fraction of sp³-hybridized carbons (Fsp3) is 0.385. The van der Waals surface area contributed by atoms with Gasteiger partial charge in [0.15, 0.2) is 0 Å². The molecule has 6 heteroatoms. The summed E-state index contributed by atoms with van der Waals surface area (Å²) in [5.41, 5.74) is 7.21. The Morgan fingerprint density at radius 3 is 2.84 bits per heavy atom. The molecule has 0 radical (unpaired) electrons. The van der Waals surface area contributed by atoms with Crippen molar-refractivity contribution in [3.63, 3.8) is 0 Å². The number of thioether (sulfide) groups is 1. The monoisotopic (exact) mass is 282 g/mol. The van der Waals surface area contributed by atoms with Crippen molar-refractivity contribution < 1.29 is 14.3 Å². The van der Waals surface area contributed by atoms with Crippen LogP contribution in [-0.2, 0) is 20.1 Å². The number of ether oxygens (including phenoxy) is 1. The summed E-state index contributed by atoms with van der Waals surface area (Å²) in [5.74, 6) is 0.523. The van der Waals surface area contributed by atoms with Crippen LogP contribution in [-0.4, -0.2) is 30.8 Å². The van der Waals surface area contributed by atoms with Crippen molar-refractivity contribution in [3.8, 4) is 0 Å². The van der Waals surface area contributed by atoms with Crippen LogP contribution in [0.2, 0.25) is 0 Å². The summed E-state index contributed by atoms with van der Waals surface area (Å²) in [6.07, 6.45) is 0. The van der Waals surface area contributed by atoms with Gasteiger partial charge in [0.05, 0.1) is 18.9 Å². The van der Waals surface area contributed by atoms with E-state index in [9.17, 15) is 9.59 Å². The molecule has 1 rings (SSSR count). The van der Waals surface area contributed by atoms with E-state index in [2.05, 4.69) is 10.1 Å². The van der Waals surface area contributed by atoms with E-state index in [1.807, 2.05) is 18.2 Å². The molecule has 0 spiro atoms. The van der Waals surface area contributed by atoms with Crippen molar-refractivity contribution in [3.05, 3.63) is 29.8 Å². The first kappa shape index (κ1) is 15.5. The van der Waals surface area contributed by atoms with Crippen molar-refractivity contribution in [1.82, 2.24) is 0 Å². The second-order valence-corrected chi connectivity index (χ2v) is 5.03. The SMILES string of the molecule is COC(=O)CSCc1cccc(NC(=O)[C@@H](C)N)c1. The van der Waals surface area contributed by atoms with Crippen molar-refractivity contribution in [2.75, 3.05) is 18.2 Å². The van der Waals surface area contributed by atoms with Gasteiger partial charge in [-0.15, -0.1) is 11.8 Å². The lowest BCUT2D eigenvalue weighted by molar-refractivity contribution is -0.137. The largest absolute Gasteiger partial charge is 0.468 e. The average molecular weight is 282 g/mol. The molecule has 0 fully saturated rings. The van der Waals surface area contributed by atoms with Crippen LogP contribution in [0.25, 0.3) is 0 Å². The maximum atomic E-state index is 11.5. The molecule has 0 aliphatic heterocycles. The lowest BCUT2D eigenvalue weighted by Crippen LogP contribution is -2.32. The summed E-state index contributed by atoms with van der Waals surface area (Å²) in [7, 11) is 1.37. The smallest absolute Gasteiger partial charge is 0.315 e. The minimum atomic E-state index is -0.544. The molecule has 1 atom stereocenters. The standard InChI is InChI=1S/C13H18N2O3S/c1-9(14)13(17)15-11-5-3-4-10(6-11)7-19-8-12(16)18-2/h3-6,9H,7-8,14H2,1-2H3,(H,15,17)/t9-/m1/s1. The van der Waals surface area contributed by atoms with Crippen LogP contribution in [0.4, 0.5) is 5.69 Å². The Bertz CT molecular complexity index is 449. The third-order valence-corrected chi connectivity index (χ3v) is 3.30. The van der Waals surface area contributed by atoms with Gasteiger partial charge in [-0.3, -0.25) is 9.59 Å². The summed E-state index contributed by atoms with van der Waals surface area (Å²) >= 11 is 1.46. The fourth-order valence-electron chi connectivity index (χ4n) is 1.31. The minimum absolute atomic E-state index is 0.223. The Morgan fingerprint density at radius 2 is 2.21 bits per heavy atom. The van der Waals surface area contributed by atoms with Gasteiger partial charge in [-0.25, -0.2) is 0 Å². The normalized spacial score (nSPS) is 11.7. The molecule has 5 nitrogen and oxygen atoms in total. The molecule has 0 unspecified atom stereocenters. The first-order valence-electron chi connectivity index (χ1n) is 5.83. The maximum Gasteiger partial charge on any atom is 0.315 e.